The molecule has 158 valence electrons. The quantitative estimate of drug-likeness (QED) is 0.186. The summed E-state index contributed by atoms with van der Waals surface area (Å²) >= 11 is 0. The molecule has 0 heterocycles. The molecule has 0 bridgehead atoms. The van der Waals surface area contributed by atoms with E-state index >= 15 is 0 Å². The highest BCUT2D eigenvalue weighted by atomic mass is 16.1. The lowest BCUT2D eigenvalue weighted by atomic mass is 9.44. The standard InChI is InChI=1S/C24H35N3O2/c1-23-11-9-16(6-4-3-5-13-26-27-25)14-20(23)21(28)15-17-18-7-8-22(29)24(18,2)12-10-19(17)23/h4,6,16-20H,3,5,7-15H2,1-2H3/t16?,17-,18-,19-,20+,23+,24-/m0/s1. The van der Waals surface area contributed by atoms with Crippen molar-refractivity contribution in [1.82, 2.24) is 0 Å². The summed E-state index contributed by atoms with van der Waals surface area (Å²) in [6.07, 6.45) is 14.2. The van der Waals surface area contributed by atoms with Gasteiger partial charge in [-0.2, -0.15) is 0 Å². The van der Waals surface area contributed by atoms with Gasteiger partial charge in [-0.25, -0.2) is 0 Å². The van der Waals surface area contributed by atoms with E-state index in [1.165, 1.54) is 0 Å². The van der Waals surface area contributed by atoms with Crippen LogP contribution in [0, 0.1) is 40.4 Å². The maximum Gasteiger partial charge on any atom is 0.139 e. The number of unbranched alkanes of at least 4 members (excludes halogenated alkanes) is 1. The van der Waals surface area contributed by atoms with Crippen LogP contribution in [0.1, 0.15) is 78.1 Å². The molecular weight excluding hydrogens is 362 g/mol. The number of azide groups is 1. The maximum atomic E-state index is 13.3. The van der Waals surface area contributed by atoms with Gasteiger partial charge in [0, 0.05) is 35.6 Å². The van der Waals surface area contributed by atoms with Crippen LogP contribution >= 0.6 is 0 Å². The Labute approximate surface area is 174 Å². The first-order valence-corrected chi connectivity index (χ1v) is 11.6. The molecule has 4 rings (SSSR count). The van der Waals surface area contributed by atoms with Gasteiger partial charge in [0.25, 0.3) is 0 Å². The average molecular weight is 398 g/mol. The minimum Gasteiger partial charge on any atom is -0.299 e. The van der Waals surface area contributed by atoms with Crippen LogP contribution in [0.4, 0.5) is 0 Å². The molecule has 4 saturated carbocycles. The van der Waals surface area contributed by atoms with Crippen molar-refractivity contribution < 1.29 is 9.59 Å². The molecule has 0 saturated heterocycles. The number of nitrogens with zero attached hydrogens (tertiary/aromatic N) is 3. The Morgan fingerprint density at radius 1 is 1.17 bits per heavy atom. The zero-order valence-corrected chi connectivity index (χ0v) is 18.0. The third kappa shape index (κ3) is 3.46. The molecule has 4 aliphatic rings. The van der Waals surface area contributed by atoms with Crippen LogP contribution in [-0.4, -0.2) is 18.1 Å². The number of allylic oxidation sites excluding steroid dienone is 2. The van der Waals surface area contributed by atoms with E-state index in [0.29, 0.717) is 48.2 Å². The van der Waals surface area contributed by atoms with E-state index in [1.807, 2.05) is 0 Å². The highest BCUT2D eigenvalue weighted by Gasteiger charge is 2.62. The summed E-state index contributed by atoms with van der Waals surface area (Å²) in [5.74, 6) is 3.09. The van der Waals surface area contributed by atoms with Crippen LogP contribution in [0.15, 0.2) is 17.3 Å². The fourth-order valence-corrected chi connectivity index (χ4v) is 7.63. The molecule has 7 atom stereocenters. The van der Waals surface area contributed by atoms with Crippen molar-refractivity contribution >= 4 is 11.6 Å². The first kappa shape index (κ1) is 20.7. The zero-order valence-electron chi connectivity index (χ0n) is 18.0. The average Bonchev–Trinajstić information content (AvgIpc) is 3.00. The minimum atomic E-state index is -0.153. The Hall–Kier alpha value is -1.61. The number of carbonyl (C=O) groups excluding carboxylic acids is 2. The van der Waals surface area contributed by atoms with E-state index in [4.69, 9.17) is 5.53 Å². The first-order chi connectivity index (χ1) is 13.9. The van der Waals surface area contributed by atoms with Crippen LogP contribution in [0.5, 0.6) is 0 Å². The van der Waals surface area contributed by atoms with Crippen LogP contribution in [0.3, 0.4) is 0 Å². The molecule has 1 unspecified atom stereocenters. The molecule has 0 radical (unpaired) electrons. The Morgan fingerprint density at radius 3 is 2.79 bits per heavy atom. The van der Waals surface area contributed by atoms with Crippen LogP contribution in [0.2, 0.25) is 0 Å². The molecule has 5 heteroatoms. The van der Waals surface area contributed by atoms with Gasteiger partial charge < -0.3 is 0 Å². The van der Waals surface area contributed by atoms with Crippen LogP contribution < -0.4 is 0 Å². The van der Waals surface area contributed by atoms with Gasteiger partial charge in [0.05, 0.1) is 0 Å². The molecule has 0 amide bonds. The van der Waals surface area contributed by atoms with Gasteiger partial charge in [0.1, 0.15) is 11.6 Å². The summed E-state index contributed by atoms with van der Waals surface area (Å²) < 4.78 is 0. The Bertz CT molecular complexity index is 755. The van der Waals surface area contributed by atoms with Crippen molar-refractivity contribution in [2.45, 2.75) is 78.1 Å². The SMILES string of the molecule is C[C@]12CCC(C=CCCCN=[N+]=[N-])C[C@@H]1C(=O)C[C@@H]1[C@@H]2CC[C@]2(C)C(=O)CC[C@@H]12. The highest BCUT2D eigenvalue weighted by molar-refractivity contribution is 5.88. The van der Waals surface area contributed by atoms with E-state index in [9.17, 15) is 9.59 Å². The molecule has 0 N–H and O–H groups in total. The second kappa shape index (κ2) is 7.91. The van der Waals surface area contributed by atoms with Crippen molar-refractivity contribution in [3.63, 3.8) is 0 Å². The molecule has 0 aromatic rings. The summed E-state index contributed by atoms with van der Waals surface area (Å²) in [6, 6.07) is 0. The lowest BCUT2D eigenvalue weighted by Crippen LogP contribution is -2.56. The Kier molecular flexibility index (Phi) is 5.63. The van der Waals surface area contributed by atoms with E-state index in [1.54, 1.807) is 0 Å². The number of carbonyl (C=O) groups is 2. The van der Waals surface area contributed by atoms with E-state index < -0.39 is 0 Å². The lowest BCUT2D eigenvalue weighted by Gasteiger charge is -2.59. The normalized spacial score (nSPS) is 44.1. The summed E-state index contributed by atoms with van der Waals surface area (Å²) in [5.41, 5.74) is 8.31. The fraction of sp³-hybridized carbons (Fsp3) is 0.833. The molecule has 0 aliphatic heterocycles. The van der Waals surface area contributed by atoms with Crippen molar-refractivity contribution in [1.29, 1.82) is 0 Å². The zero-order chi connectivity index (χ0) is 20.6. The second-order valence-electron chi connectivity index (χ2n) is 10.6. The summed E-state index contributed by atoms with van der Waals surface area (Å²) in [6.45, 7) is 5.13. The van der Waals surface area contributed by atoms with Crippen molar-refractivity contribution in [2.24, 2.45) is 45.5 Å². The molecule has 0 aromatic carbocycles. The van der Waals surface area contributed by atoms with Gasteiger partial charge in [-0.3, -0.25) is 9.59 Å². The number of Topliss-reactive ketones (excluding diaryl/α,β-unsaturated/α-hetero) is 2. The predicted molar refractivity (Wildman–Crippen MR) is 113 cm³/mol. The maximum absolute atomic E-state index is 13.3. The predicted octanol–water partition coefficient (Wildman–Crippen LogP) is 6.04. The number of ketones is 2. The number of hydrogen-bond donors (Lipinski definition) is 0. The third-order valence-corrected chi connectivity index (χ3v) is 9.31. The highest BCUT2D eigenvalue weighted by Crippen LogP contribution is 2.65. The van der Waals surface area contributed by atoms with Gasteiger partial charge >= 0.3 is 0 Å². The molecule has 0 spiro atoms. The molecule has 5 nitrogen and oxygen atoms in total. The molecule has 0 aromatic heterocycles. The number of hydrogen-bond acceptors (Lipinski definition) is 3. The monoisotopic (exact) mass is 397 g/mol. The minimum absolute atomic E-state index is 0.124. The summed E-state index contributed by atoms with van der Waals surface area (Å²) in [5, 5.41) is 3.58. The van der Waals surface area contributed by atoms with Crippen molar-refractivity contribution in [3.8, 4) is 0 Å². The van der Waals surface area contributed by atoms with E-state index in [0.717, 1.165) is 57.8 Å². The number of rotatable bonds is 5. The molecule has 29 heavy (non-hydrogen) atoms. The molecule has 4 fully saturated rings. The Morgan fingerprint density at radius 2 is 2.00 bits per heavy atom. The van der Waals surface area contributed by atoms with Crippen LogP contribution in [-0.2, 0) is 9.59 Å². The first-order valence-electron chi connectivity index (χ1n) is 11.6. The van der Waals surface area contributed by atoms with Gasteiger partial charge in [-0.15, -0.1) is 0 Å². The fourth-order valence-electron chi connectivity index (χ4n) is 7.63. The summed E-state index contributed by atoms with van der Waals surface area (Å²) in [4.78, 5) is 28.7. The van der Waals surface area contributed by atoms with Gasteiger partial charge in [0.15, 0.2) is 0 Å². The lowest BCUT2D eigenvalue weighted by molar-refractivity contribution is -0.157. The topological polar surface area (TPSA) is 82.9 Å². The van der Waals surface area contributed by atoms with Crippen LogP contribution in [0.25, 0.3) is 10.4 Å². The Balaban J connectivity index is 1.44. The third-order valence-electron chi connectivity index (χ3n) is 9.31. The molecular formula is C24H35N3O2. The van der Waals surface area contributed by atoms with Gasteiger partial charge in [-0.1, -0.05) is 31.1 Å². The van der Waals surface area contributed by atoms with Gasteiger partial charge in [-0.05, 0) is 86.0 Å². The number of fused-ring (bicyclic) bond motifs is 5. The van der Waals surface area contributed by atoms with Gasteiger partial charge in [0.2, 0.25) is 0 Å². The second-order valence-corrected chi connectivity index (χ2v) is 10.6. The van der Waals surface area contributed by atoms with E-state index in [2.05, 4.69) is 36.0 Å². The smallest absolute Gasteiger partial charge is 0.139 e. The molecule has 4 aliphatic carbocycles. The van der Waals surface area contributed by atoms with Crippen molar-refractivity contribution in [2.75, 3.05) is 6.54 Å². The van der Waals surface area contributed by atoms with Crippen molar-refractivity contribution in [3.05, 3.63) is 22.6 Å². The van der Waals surface area contributed by atoms with E-state index in [-0.39, 0.29) is 16.7 Å². The largest absolute Gasteiger partial charge is 0.299 e. The summed E-state index contributed by atoms with van der Waals surface area (Å²) in [7, 11) is 0.